The van der Waals surface area contributed by atoms with Crippen LogP contribution in [0.15, 0.2) is 49.0 Å². The number of hydrogen-bond acceptors (Lipinski definition) is 4. The highest BCUT2D eigenvalue weighted by Crippen LogP contribution is 2.32. The number of nitrogens with one attached hydrogen (secondary N) is 1. The molecule has 2 aromatic carbocycles. The first-order valence-corrected chi connectivity index (χ1v) is 9.06. The molecule has 0 atom stereocenters. The molecule has 1 aliphatic heterocycles. The van der Waals surface area contributed by atoms with E-state index >= 15 is 0 Å². The molecule has 1 saturated heterocycles. The van der Waals surface area contributed by atoms with Gasteiger partial charge in [0.05, 0.1) is 0 Å². The molecule has 3 rings (SSSR count). The molecule has 0 amide bonds. The van der Waals surface area contributed by atoms with E-state index in [0.29, 0.717) is 11.3 Å². The number of nitrogens with zero attached hydrogens (tertiary/aromatic N) is 1. The lowest BCUT2D eigenvalue weighted by Crippen LogP contribution is -2.35. The number of phenolic OH excluding ortho intramolecular Hbond substituents is 1. The number of carbonyl (C=O) groups is 1. The first kappa shape index (κ1) is 18.1. The van der Waals surface area contributed by atoms with Crippen molar-refractivity contribution in [2.75, 3.05) is 23.3 Å². The summed E-state index contributed by atoms with van der Waals surface area (Å²) in [5, 5.41) is 13.6. The van der Waals surface area contributed by atoms with E-state index < -0.39 is 0 Å². The molecule has 0 spiro atoms. The summed E-state index contributed by atoms with van der Waals surface area (Å²) in [7, 11) is 0. The van der Waals surface area contributed by atoms with E-state index in [1.165, 1.54) is 0 Å². The average molecular weight is 350 g/mol. The lowest BCUT2D eigenvalue weighted by Gasteiger charge is -2.33. The number of ketones is 1. The van der Waals surface area contributed by atoms with Crippen molar-refractivity contribution in [1.29, 1.82) is 0 Å². The molecule has 4 nitrogen and oxygen atoms in total. The third-order valence-corrected chi connectivity index (χ3v) is 5.17. The monoisotopic (exact) mass is 350 g/mol. The number of rotatable bonds is 5. The Labute approximate surface area is 155 Å². The zero-order valence-electron chi connectivity index (χ0n) is 15.5. The maximum Gasteiger partial charge on any atom is 0.133 e. The standard InChI is InChI=1S/C22H26N2O2/c1-15-6-4-5-7-21(15)23-16(2)20-14-19(8-9-22(20)26)24-12-10-18(11-13-24)17(3)25/h4-9,14,18,23,26H,2,10-13H2,1,3H3. The molecule has 0 saturated carbocycles. The van der Waals surface area contributed by atoms with Crippen molar-refractivity contribution in [2.24, 2.45) is 5.92 Å². The van der Waals surface area contributed by atoms with Crippen molar-refractivity contribution < 1.29 is 9.90 Å². The van der Waals surface area contributed by atoms with Crippen molar-refractivity contribution >= 4 is 22.9 Å². The minimum absolute atomic E-state index is 0.181. The molecule has 0 unspecified atom stereocenters. The molecule has 26 heavy (non-hydrogen) atoms. The number of carbonyl (C=O) groups excluding carboxylic acids is 1. The van der Waals surface area contributed by atoms with Crippen LogP contribution in [0.5, 0.6) is 5.75 Å². The maximum absolute atomic E-state index is 11.6. The highest BCUT2D eigenvalue weighted by Gasteiger charge is 2.23. The molecule has 0 bridgehead atoms. The summed E-state index contributed by atoms with van der Waals surface area (Å²) in [6.45, 7) is 9.53. The summed E-state index contributed by atoms with van der Waals surface area (Å²) >= 11 is 0. The van der Waals surface area contributed by atoms with Crippen molar-refractivity contribution in [1.82, 2.24) is 0 Å². The summed E-state index contributed by atoms with van der Waals surface area (Å²) in [5.74, 6) is 0.672. The van der Waals surface area contributed by atoms with E-state index in [1.54, 1.807) is 13.0 Å². The Morgan fingerprint density at radius 1 is 1.19 bits per heavy atom. The van der Waals surface area contributed by atoms with Crippen LogP contribution < -0.4 is 10.2 Å². The second-order valence-corrected chi connectivity index (χ2v) is 6.99. The fourth-order valence-corrected chi connectivity index (χ4v) is 3.45. The van der Waals surface area contributed by atoms with Gasteiger partial charge in [0, 0.05) is 41.6 Å². The van der Waals surface area contributed by atoms with Gasteiger partial charge in [0.15, 0.2) is 0 Å². The van der Waals surface area contributed by atoms with Crippen LogP contribution >= 0.6 is 0 Å². The summed E-state index contributed by atoms with van der Waals surface area (Å²) in [5.41, 5.74) is 4.50. The van der Waals surface area contributed by atoms with E-state index in [0.717, 1.165) is 42.9 Å². The molecule has 2 N–H and O–H groups in total. The van der Waals surface area contributed by atoms with Gasteiger partial charge in [0.2, 0.25) is 0 Å². The van der Waals surface area contributed by atoms with Crippen molar-refractivity contribution in [3.63, 3.8) is 0 Å². The number of piperidine rings is 1. The molecule has 1 aliphatic rings. The van der Waals surface area contributed by atoms with Crippen molar-refractivity contribution in [3.8, 4) is 5.75 Å². The first-order valence-electron chi connectivity index (χ1n) is 9.06. The lowest BCUT2D eigenvalue weighted by molar-refractivity contribution is -0.121. The quantitative estimate of drug-likeness (QED) is 0.828. The normalized spacial score (nSPS) is 14.9. The van der Waals surface area contributed by atoms with Gasteiger partial charge in [0.1, 0.15) is 11.5 Å². The van der Waals surface area contributed by atoms with Gasteiger partial charge in [-0.15, -0.1) is 0 Å². The topological polar surface area (TPSA) is 52.6 Å². The minimum atomic E-state index is 0.181. The van der Waals surface area contributed by atoms with Crippen LogP contribution in [-0.4, -0.2) is 24.0 Å². The van der Waals surface area contributed by atoms with Gasteiger partial charge >= 0.3 is 0 Å². The molecule has 0 aromatic heterocycles. The van der Waals surface area contributed by atoms with Gasteiger partial charge < -0.3 is 15.3 Å². The molecule has 2 aromatic rings. The van der Waals surface area contributed by atoms with Crippen LogP contribution in [-0.2, 0) is 4.79 Å². The summed E-state index contributed by atoms with van der Waals surface area (Å²) < 4.78 is 0. The number of aromatic hydroxyl groups is 1. The zero-order chi connectivity index (χ0) is 18.7. The molecule has 136 valence electrons. The number of para-hydroxylation sites is 1. The minimum Gasteiger partial charge on any atom is -0.507 e. The number of phenols is 1. The van der Waals surface area contributed by atoms with Crippen LogP contribution in [0.2, 0.25) is 0 Å². The van der Waals surface area contributed by atoms with Crippen LogP contribution in [0.25, 0.3) is 5.70 Å². The van der Waals surface area contributed by atoms with Gasteiger partial charge in [0.25, 0.3) is 0 Å². The van der Waals surface area contributed by atoms with Crippen LogP contribution in [0, 0.1) is 12.8 Å². The summed E-state index contributed by atoms with van der Waals surface area (Å²) in [4.78, 5) is 13.8. The molecular formula is C22H26N2O2. The second kappa shape index (κ2) is 7.65. The van der Waals surface area contributed by atoms with E-state index in [9.17, 15) is 9.90 Å². The smallest absolute Gasteiger partial charge is 0.133 e. The van der Waals surface area contributed by atoms with E-state index in [-0.39, 0.29) is 17.5 Å². The third kappa shape index (κ3) is 3.90. The number of benzene rings is 2. The maximum atomic E-state index is 11.6. The van der Waals surface area contributed by atoms with Gasteiger partial charge in [-0.1, -0.05) is 24.8 Å². The molecular weight excluding hydrogens is 324 g/mol. The SMILES string of the molecule is C=C(Nc1ccccc1C)c1cc(N2CCC(C(C)=O)CC2)ccc1O. The van der Waals surface area contributed by atoms with Crippen LogP contribution in [0.1, 0.15) is 30.9 Å². The Kier molecular flexibility index (Phi) is 5.31. The highest BCUT2D eigenvalue weighted by atomic mass is 16.3. The number of hydrogen-bond donors (Lipinski definition) is 2. The number of Topliss-reactive ketones (excluding diaryl/α,β-unsaturated/α-hetero) is 1. The fraction of sp³-hybridized carbons (Fsp3) is 0.318. The van der Waals surface area contributed by atoms with E-state index in [2.05, 4.69) is 16.8 Å². The van der Waals surface area contributed by atoms with Gasteiger partial charge in [-0.25, -0.2) is 0 Å². The predicted octanol–water partition coefficient (Wildman–Crippen LogP) is 4.59. The average Bonchev–Trinajstić information content (AvgIpc) is 2.64. The van der Waals surface area contributed by atoms with Gasteiger partial charge in [-0.05, 0) is 56.5 Å². The highest BCUT2D eigenvalue weighted by molar-refractivity contribution is 5.81. The summed E-state index contributed by atoms with van der Waals surface area (Å²) in [6.07, 6.45) is 1.77. The van der Waals surface area contributed by atoms with E-state index in [4.69, 9.17) is 0 Å². The molecule has 4 heteroatoms. The molecule has 1 heterocycles. The fourth-order valence-electron chi connectivity index (χ4n) is 3.45. The Morgan fingerprint density at radius 3 is 2.54 bits per heavy atom. The van der Waals surface area contributed by atoms with Crippen LogP contribution in [0.3, 0.4) is 0 Å². The zero-order valence-corrected chi connectivity index (χ0v) is 15.5. The molecule has 1 fully saturated rings. The predicted molar refractivity (Wildman–Crippen MR) is 108 cm³/mol. The van der Waals surface area contributed by atoms with Crippen molar-refractivity contribution in [2.45, 2.75) is 26.7 Å². The Morgan fingerprint density at radius 2 is 1.88 bits per heavy atom. The summed E-state index contributed by atoms with van der Waals surface area (Å²) in [6, 6.07) is 13.6. The first-order chi connectivity index (χ1) is 12.5. The van der Waals surface area contributed by atoms with Crippen LogP contribution in [0.4, 0.5) is 11.4 Å². The van der Waals surface area contributed by atoms with Gasteiger partial charge in [-0.2, -0.15) is 0 Å². The second-order valence-electron chi connectivity index (χ2n) is 6.99. The molecule has 0 aliphatic carbocycles. The lowest BCUT2D eigenvalue weighted by atomic mass is 9.93. The van der Waals surface area contributed by atoms with Gasteiger partial charge in [-0.3, -0.25) is 4.79 Å². The third-order valence-electron chi connectivity index (χ3n) is 5.17. The van der Waals surface area contributed by atoms with Crippen molar-refractivity contribution in [3.05, 3.63) is 60.2 Å². The Hall–Kier alpha value is -2.75. The molecule has 0 radical (unpaired) electrons. The number of anilines is 2. The Balaban J connectivity index is 1.77. The van der Waals surface area contributed by atoms with E-state index in [1.807, 2.05) is 43.3 Å². The number of aryl methyl sites for hydroxylation is 1. The largest absolute Gasteiger partial charge is 0.507 e. The Bertz CT molecular complexity index is 821.